The molecule has 3 N–H and O–H groups in total. The Balaban J connectivity index is 3.63. The van der Waals surface area contributed by atoms with E-state index >= 15 is 0 Å². The Hall–Kier alpha value is -0.740. The maximum absolute atomic E-state index is 10.4. The number of carbonyl (C=O) groups is 1. The van der Waals surface area contributed by atoms with Gasteiger partial charge in [0.05, 0.1) is 0 Å². The van der Waals surface area contributed by atoms with E-state index in [2.05, 4.69) is 6.58 Å². The van der Waals surface area contributed by atoms with Crippen molar-refractivity contribution in [3.63, 3.8) is 0 Å². The van der Waals surface area contributed by atoms with E-state index in [1.807, 2.05) is 18.4 Å². The molecule has 74 valence electrons. The molecule has 0 saturated carbocycles. The van der Waals surface area contributed by atoms with Crippen LogP contribution < -0.4 is 5.73 Å². The molecule has 4 heteroatoms. The summed E-state index contributed by atoms with van der Waals surface area (Å²) in [5.41, 5.74) is 5.33. The molecule has 3 nitrogen and oxygen atoms in total. The summed E-state index contributed by atoms with van der Waals surface area (Å²) in [7, 11) is 0. The van der Waals surface area contributed by atoms with Gasteiger partial charge in [0.25, 0.3) is 0 Å². The topological polar surface area (TPSA) is 63.3 Å². The zero-order chi connectivity index (χ0) is 10.3. The van der Waals surface area contributed by atoms with Gasteiger partial charge in [-0.25, -0.2) is 0 Å². The molecule has 0 bridgehead atoms. The molecule has 1 atom stereocenters. The molecule has 0 fully saturated rings. The number of nitrogens with two attached hydrogens (primary N) is 1. The number of carboxylic acids is 1. The molecule has 0 aromatic carbocycles. The van der Waals surface area contributed by atoms with E-state index in [1.165, 1.54) is 11.8 Å². The van der Waals surface area contributed by atoms with Crippen molar-refractivity contribution in [2.75, 3.05) is 0 Å². The monoisotopic (exact) mass is 201 g/mol. The van der Waals surface area contributed by atoms with Crippen molar-refractivity contribution in [2.24, 2.45) is 5.73 Å². The smallest absolute Gasteiger partial charge is 0.320 e. The van der Waals surface area contributed by atoms with Gasteiger partial charge in [0.1, 0.15) is 6.04 Å². The predicted octanol–water partition coefficient (Wildman–Crippen LogP) is 1.96. The van der Waals surface area contributed by atoms with Gasteiger partial charge in [0.15, 0.2) is 0 Å². The van der Waals surface area contributed by atoms with Gasteiger partial charge in [-0.3, -0.25) is 4.79 Å². The van der Waals surface area contributed by atoms with Crippen molar-refractivity contribution < 1.29 is 9.90 Å². The lowest BCUT2D eigenvalue weighted by Crippen LogP contribution is -2.29. The number of allylic oxidation sites excluding steroid dienone is 2. The van der Waals surface area contributed by atoms with Gasteiger partial charge in [0, 0.05) is 0 Å². The molecular formula is C9H15NO2S. The van der Waals surface area contributed by atoms with Gasteiger partial charge in [-0.15, -0.1) is 11.8 Å². The third-order valence-electron chi connectivity index (χ3n) is 1.42. The van der Waals surface area contributed by atoms with Crippen LogP contribution in [-0.4, -0.2) is 17.1 Å². The first-order valence-electron chi connectivity index (χ1n) is 4.02. The van der Waals surface area contributed by atoms with Crippen LogP contribution in [0, 0.1) is 0 Å². The summed E-state index contributed by atoms with van der Waals surface area (Å²) in [6, 6.07) is -0.775. The van der Waals surface area contributed by atoms with Crippen LogP contribution in [0.2, 0.25) is 0 Å². The van der Waals surface area contributed by atoms with Crippen molar-refractivity contribution in [3.8, 4) is 0 Å². The summed E-state index contributed by atoms with van der Waals surface area (Å²) in [6.45, 7) is 5.71. The van der Waals surface area contributed by atoms with E-state index < -0.39 is 12.0 Å². The molecule has 0 rings (SSSR count). The van der Waals surface area contributed by atoms with Crippen molar-refractivity contribution in [2.45, 2.75) is 25.8 Å². The molecule has 1 unspecified atom stereocenters. The van der Waals surface area contributed by atoms with Crippen molar-refractivity contribution in [1.29, 1.82) is 0 Å². The van der Waals surface area contributed by atoms with Gasteiger partial charge in [-0.2, -0.15) is 0 Å². The fourth-order valence-corrected chi connectivity index (χ4v) is 1.23. The Morgan fingerprint density at radius 2 is 2.38 bits per heavy atom. The highest BCUT2D eigenvalue weighted by Gasteiger charge is 2.10. The number of rotatable bonds is 6. The van der Waals surface area contributed by atoms with Gasteiger partial charge < -0.3 is 10.8 Å². The van der Waals surface area contributed by atoms with Crippen LogP contribution in [0.15, 0.2) is 23.0 Å². The molecular weight excluding hydrogens is 186 g/mol. The summed E-state index contributed by atoms with van der Waals surface area (Å²) < 4.78 is 0. The molecule has 13 heavy (non-hydrogen) atoms. The van der Waals surface area contributed by atoms with E-state index in [0.29, 0.717) is 12.8 Å². The first kappa shape index (κ1) is 12.3. The van der Waals surface area contributed by atoms with Crippen LogP contribution in [0.25, 0.3) is 0 Å². The fraction of sp³-hybridized carbons (Fsp3) is 0.444. The van der Waals surface area contributed by atoms with Crippen LogP contribution in [0.1, 0.15) is 19.8 Å². The summed E-state index contributed by atoms with van der Waals surface area (Å²) in [4.78, 5) is 11.3. The van der Waals surface area contributed by atoms with Crippen LogP contribution in [0.5, 0.6) is 0 Å². The molecule has 0 aromatic rings. The standard InChI is InChI=1S/C9H15NO2S/c1-3-6-13-7(2)4-5-8(10)9(11)12/h3,6,8H,2,4-5,10H2,1H3,(H,11,12)/b6-3-. The Bertz CT molecular complexity index is 214. The largest absolute Gasteiger partial charge is 0.480 e. The second-order valence-electron chi connectivity index (χ2n) is 2.61. The van der Waals surface area contributed by atoms with E-state index in [-0.39, 0.29) is 0 Å². The van der Waals surface area contributed by atoms with Crippen molar-refractivity contribution in [3.05, 3.63) is 23.0 Å². The van der Waals surface area contributed by atoms with E-state index in [4.69, 9.17) is 10.8 Å². The summed E-state index contributed by atoms with van der Waals surface area (Å²) in [5.74, 6) is -0.955. The second-order valence-corrected chi connectivity index (χ2v) is 3.69. The first-order chi connectivity index (χ1) is 6.07. The minimum Gasteiger partial charge on any atom is -0.480 e. The Labute approximate surface area is 82.7 Å². The van der Waals surface area contributed by atoms with Crippen molar-refractivity contribution >= 4 is 17.7 Å². The van der Waals surface area contributed by atoms with Gasteiger partial charge in [-0.1, -0.05) is 12.7 Å². The van der Waals surface area contributed by atoms with Gasteiger partial charge in [0.2, 0.25) is 0 Å². The number of aliphatic carboxylic acids is 1. The zero-order valence-corrected chi connectivity index (χ0v) is 8.51. The number of hydrogen-bond donors (Lipinski definition) is 2. The second kappa shape index (κ2) is 6.74. The average Bonchev–Trinajstić information content (AvgIpc) is 2.10. The van der Waals surface area contributed by atoms with Crippen molar-refractivity contribution in [1.82, 2.24) is 0 Å². The SMILES string of the molecule is C=C(CCC(N)C(=O)O)S/C=C\C. The third-order valence-corrected chi connectivity index (χ3v) is 2.37. The third kappa shape index (κ3) is 6.42. The minimum absolute atomic E-state index is 0.443. The lowest BCUT2D eigenvalue weighted by molar-refractivity contribution is -0.138. The number of carboxylic acid groups (broad SMARTS) is 1. The average molecular weight is 201 g/mol. The zero-order valence-electron chi connectivity index (χ0n) is 7.69. The highest BCUT2D eigenvalue weighted by molar-refractivity contribution is 8.05. The molecule has 0 aliphatic heterocycles. The number of thioether (sulfide) groups is 1. The maximum atomic E-state index is 10.4. The van der Waals surface area contributed by atoms with E-state index in [9.17, 15) is 4.79 Å². The van der Waals surface area contributed by atoms with Crippen LogP contribution >= 0.6 is 11.8 Å². The van der Waals surface area contributed by atoms with Crippen LogP contribution in [0.3, 0.4) is 0 Å². The van der Waals surface area contributed by atoms with E-state index in [0.717, 1.165) is 4.91 Å². The van der Waals surface area contributed by atoms with E-state index in [1.54, 1.807) is 0 Å². The fourth-order valence-electron chi connectivity index (χ4n) is 0.663. The lowest BCUT2D eigenvalue weighted by Gasteiger charge is -2.05. The molecule has 0 amide bonds. The lowest BCUT2D eigenvalue weighted by atomic mass is 10.2. The maximum Gasteiger partial charge on any atom is 0.320 e. The molecule has 0 aromatic heterocycles. The number of hydrogen-bond acceptors (Lipinski definition) is 3. The first-order valence-corrected chi connectivity index (χ1v) is 4.90. The molecule has 0 saturated heterocycles. The van der Waals surface area contributed by atoms with Gasteiger partial charge >= 0.3 is 5.97 Å². The minimum atomic E-state index is -0.955. The molecule has 0 spiro atoms. The highest BCUT2D eigenvalue weighted by atomic mass is 32.2. The van der Waals surface area contributed by atoms with Gasteiger partial charge in [-0.05, 0) is 30.1 Å². The quantitative estimate of drug-likeness (QED) is 0.689. The Kier molecular flexibility index (Phi) is 6.36. The predicted molar refractivity (Wildman–Crippen MR) is 56.4 cm³/mol. The molecule has 0 aliphatic rings. The normalized spacial score (nSPS) is 13.1. The molecule has 0 aliphatic carbocycles. The Morgan fingerprint density at radius 1 is 1.77 bits per heavy atom. The highest BCUT2D eigenvalue weighted by Crippen LogP contribution is 2.20. The summed E-state index contributed by atoms with van der Waals surface area (Å²) in [5, 5.41) is 10.4. The van der Waals surface area contributed by atoms with Crippen LogP contribution in [0.4, 0.5) is 0 Å². The summed E-state index contributed by atoms with van der Waals surface area (Å²) in [6.07, 6.45) is 2.99. The molecule has 0 radical (unpaired) electrons. The van der Waals surface area contributed by atoms with Crippen LogP contribution in [-0.2, 0) is 4.79 Å². The summed E-state index contributed by atoms with van der Waals surface area (Å²) >= 11 is 1.51. The Morgan fingerprint density at radius 3 is 2.85 bits per heavy atom. The molecule has 0 heterocycles.